The number of fused-ring (bicyclic) bond motifs is 1. The van der Waals surface area contributed by atoms with Crippen LogP contribution in [0.15, 0.2) is 24.3 Å². The Kier molecular flexibility index (Phi) is 5.10. The van der Waals surface area contributed by atoms with Crippen molar-refractivity contribution in [3.63, 3.8) is 0 Å². The van der Waals surface area contributed by atoms with Gasteiger partial charge < -0.3 is 9.84 Å². The molecule has 0 bridgehead atoms. The Balaban J connectivity index is 2.38. The number of methoxy groups -OCH3 is 1. The topological polar surface area (TPSA) is 89.9 Å². The highest BCUT2D eigenvalue weighted by atomic mass is 32.2. The Morgan fingerprint density at radius 1 is 1.26 bits per heavy atom. The molecule has 0 aliphatic carbocycles. The number of benzene rings is 1. The lowest BCUT2D eigenvalue weighted by atomic mass is 10.0. The molecule has 0 amide bonds. The van der Waals surface area contributed by atoms with Crippen LogP contribution >= 0.6 is 11.3 Å². The lowest BCUT2D eigenvalue weighted by molar-refractivity contribution is 0.0702. The summed E-state index contributed by atoms with van der Waals surface area (Å²) in [5.74, 6) is -0.998. The number of carboxylic acids is 1. The van der Waals surface area contributed by atoms with Crippen molar-refractivity contribution in [3.8, 4) is 0 Å². The fourth-order valence-corrected chi connectivity index (χ4v) is 3.92. The summed E-state index contributed by atoms with van der Waals surface area (Å²) in [4.78, 5) is 11.3. The molecule has 0 unspecified atom stereocenters. The van der Waals surface area contributed by atoms with E-state index < -0.39 is 20.8 Å². The first-order valence-corrected chi connectivity index (χ1v) is 9.07. The summed E-state index contributed by atoms with van der Waals surface area (Å²) in [5.41, 5.74) is 0.539. The number of hydrogen-bond donors (Lipinski definition) is 1. The number of aromatic carboxylic acids is 1. The van der Waals surface area contributed by atoms with Crippen LogP contribution in [0.2, 0.25) is 0 Å². The average Bonchev–Trinajstić information content (AvgIpc) is 2.90. The molecular weight excluding hydrogens is 340 g/mol. The summed E-state index contributed by atoms with van der Waals surface area (Å²) >= 11 is 1.15. The van der Waals surface area contributed by atoms with Crippen molar-refractivity contribution in [1.82, 2.24) is 0 Å². The van der Waals surface area contributed by atoms with Crippen molar-refractivity contribution in [2.24, 2.45) is 0 Å². The van der Waals surface area contributed by atoms with E-state index in [1.54, 1.807) is 38.1 Å². The quantitative estimate of drug-likeness (QED) is 0.605. The maximum absolute atomic E-state index is 12.4. The summed E-state index contributed by atoms with van der Waals surface area (Å²) in [6, 6.07) is 6.64. The van der Waals surface area contributed by atoms with Crippen LogP contribution in [0.4, 0.5) is 0 Å². The number of thiophene rings is 1. The Labute approximate surface area is 138 Å². The predicted molar refractivity (Wildman–Crippen MR) is 88.6 cm³/mol. The van der Waals surface area contributed by atoms with E-state index in [1.165, 1.54) is 7.11 Å². The van der Waals surface area contributed by atoms with Gasteiger partial charge in [0.2, 0.25) is 0 Å². The number of hydrogen-bond acceptors (Lipinski definition) is 6. The molecule has 1 N–H and O–H groups in total. The SMILES string of the molecule is COCCOS(=O)(=O)C(C)(C)c1ccc2sc(C(=O)O)cc2c1. The van der Waals surface area contributed by atoms with Crippen molar-refractivity contribution >= 4 is 37.5 Å². The number of rotatable bonds is 7. The Hall–Kier alpha value is -1.48. The maximum atomic E-state index is 12.4. The van der Waals surface area contributed by atoms with Crippen LogP contribution in [-0.2, 0) is 23.8 Å². The zero-order valence-corrected chi connectivity index (χ0v) is 14.7. The van der Waals surface area contributed by atoms with E-state index in [1.807, 2.05) is 0 Å². The van der Waals surface area contributed by atoms with Crippen molar-refractivity contribution in [2.75, 3.05) is 20.3 Å². The summed E-state index contributed by atoms with van der Waals surface area (Å²) in [6.07, 6.45) is 0. The second kappa shape index (κ2) is 6.56. The minimum absolute atomic E-state index is 0.0495. The monoisotopic (exact) mass is 358 g/mol. The first-order valence-electron chi connectivity index (χ1n) is 6.84. The standard InChI is InChI=1S/C15H18O6S2/c1-15(2,23(18,19)21-7-6-20-3)11-4-5-12-10(8-11)9-13(22-12)14(16)17/h4-5,8-9H,6-7H2,1-3H3,(H,16,17). The van der Waals surface area contributed by atoms with E-state index >= 15 is 0 Å². The van der Waals surface area contributed by atoms with Crippen LogP contribution in [0.25, 0.3) is 10.1 Å². The van der Waals surface area contributed by atoms with Crippen molar-refractivity contribution < 1.29 is 27.2 Å². The fraction of sp³-hybridized carbons (Fsp3) is 0.400. The highest BCUT2D eigenvalue weighted by molar-refractivity contribution is 7.87. The Morgan fingerprint density at radius 3 is 2.57 bits per heavy atom. The van der Waals surface area contributed by atoms with Gasteiger partial charge in [-0.15, -0.1) is 11.3 Å². The second-order valence-electron chi connectivity index (χ2n) is 5.45. The normalized spacial score (nSPS) is 12.7. The molecule has 23 heavy (non-hydrogen) atoms. The van der Waals surface area contributed by atoms with Crippen LogP contribution in [-0.4, -0.2) is 39.8 Å². The zero-order valence-electron chi connectivity index (χ0n) is 13.0. The van der Waals surface area contributed by atoms with Gasteiger partial charge in [0.1, 0.15) is 9.62 Å². The molecule has 0 aliphatic heterocycles. The van der Waals surface area contributed by atoms with E-state index in [0.717, 1.165) is 16.0 Å². The van der Waals surface area contributed by atoms with Crippen LogP contribution in [0, 0.1) is 0 Å². The van der Waals surface area contributed by atoms with E-state index in [0.29, 0.717) is 10.9 Å². The first-order chi connectivity index (χ1) is 10.7. The summed E-state index contributed by atoms with van der Waals surface area (Å²) in [5, 5.41) is 9.75. The average molecular weight is 358 g/mol. The van der Waals surface area contributed by atoms with E-state index in [-0.39, 0.29) is 18.1 Å². The minimum Gasteiger partial charge on any atom is -0.477 e. The second-order valence-corrected chi connectivity index (χ2v) is 8.70. The van der Waals surface area contributed by atoms with Crippen molar-refractivity contribution in [3.05, 3.63) is 34.7 Å². The number of carboxylic acid groups (broad SMARTS) is 1. The largest absolute Gasteiger partial charge is 0.477 e. The molecule has 6 nitrogen and oxygen atoms in total. The molecule has 1 aromatic carbocycles. The summed E-state index contributed by atoms with van der Waals surface area (Å²) in [6.45, 7) is 3.24. The molecule has 1 heterocycles. The van der Waals surface area contributed by atoms with Gasteiger partial charge in [0.15, 0.2) is 0 Å². The maximum Gasteiger partial charge on any atom is 0.345 e. The van der Waals surface area contributed by atoms with Gasteiger partial charge in [-0.1, -0.05) is 6.07 Å². The van der Waals surface area contributed by atoms with Gasteiger partial charge in [-0.05, 0) is 43.0 Å². The Morgan fingerprint density at radius 2 is 1.96 bits per heavy atom. The van der Waals surface area contributed by atoms with Crippen LogP contribution in [0.5, 0.6) is 0 Å². The minimum atomic E-state index is -3.86. The third-order valence-corrected chi connectivity index (χ3v) is 6.64. The molecule has 0 spiro atoms. The van der Waals surface area contributed by atoms with Crippen LogP contribution in [0.1, 0.15) is 29.1 Å². The van der Waals surface area contributed by atoms with Gasteiger partial charge in [0, 0.05) is 11.8 Å². The molecule has 0 saturated heterocycles. The number of carbonyl (C=O) groups is 1. The van der Waals surface area contributed by atoms with Crippen LogP contribution < -0.4 is 0 Å². The zero-order chi connectivity index (χ0) is 17.3. The third-order valence-electron chi connectivity index (χ3n) is 3.57. The van der Waals surface area contributed by atoms with Crippen LogP contribution in [0.3, 0.4) is 0 Å². The van der Waals surface area contributed by atoms with Gasteiger partial charge >= 0.3 is 5.97 Å². The van der Waals surface area contributed by atoms with Gasteiger partial charge in [0.05, 0.1) is 13.2 Å². The lowest BCUT2D eigenvalue weighted by Crippen LogP contribution is -2.31. The van der Waals surface area contributed by atoms with E-state index in [2.05, 4.69) is 0 Å². The van der Waals surface area contributed by atoms with E-state index in [9.17, 15) is 13.2 Å². The molecule has 0 radical (unpaired) electrons. The van der Waals surface area contributed by atoms with Crippen molar-refractivity contribution in [1.29, 1.82) is 0 Å². The molecule has 0 saturated carbocycles. The highest BCUT2D eigenvalue weighted by Gasteiger charge is 2.37. The Bertz CT molecular complexity index is 820. The molecule has 126 valence electrons. The first kappa shape index (κ1) is 17.9. The fourth-order valence-electron chi connectivity index (χ4n) is 2.04. The van der Waals surface area contributed by atoms with E-state index in [4.69, 9.17) is 14.0 Å². The van der Waals surface area contributed by atoms with Gasteiger partial charge in [-0.2, -0.15) is 8.42 Å². The number of ether oxygens (including phenoxy) is 1. The molecule has 2 aromatic rings. The molecule has 0 fully saturated rings. The molecule has 8 heteroatoms. The predicted octanol–water partition coefficient (Wildman–Crippen LogP) is 2.83. The molecular formula is C15H18O6S2. The molecule has 0 aliphatic rings. The molecule has 1 aromatic heterocycles. The van der Waals surface area contributed by atoms with Gasteiger partial charge in [-0.25, -0.2) is 4.79 Å². The smallest absolute Gasteiger partial charge is 0.345 e. The highest BCUT2D eigenvalue weighted by Crippen LogP contribution is 2.35. The van der Waals surface area contributed by atoms with Gasteiger partial charge in [-0.3, -0.25) is 4.18 Å². The van der Waals surface area contributed by atoms with Gasteiger partial charge in [0.25, 0.3) is 10.1 Å². The van der Waals surface area contributed by atoms with Crippen molar-refractivity contribution in [2.45, 2.75) is 18.6 Å². The molecule has 2 rings (SSSR count). The summed E-state index contributed by atoms with van der Waals surface area (Å²) < 4.78 is 34.1. The third kappa shape index (κ3) is 3.55. The molecule has 0 atom stereocenters. The lowest BCUT2D eigenvalue weighted by Gasteiger charge is -2.24. The summed E-state index contributed by atoms with van der Waals surface area (Å²) in [7, 11) is -2.39.